The Kier molecular flexibility index (Phi) is 5.14. The molecule has 11 rings (SSSR count). The van der Waals surface area contributed by atoms with Crippen LogP contribution in [0.3, 0.4) is 0 Å². The van der Waals surface area contributed by atoms with E-state index in [0.717, 1.165) is 18.8 Å². The lowest BCUT2D eigenvalue weighted by atomic mass is 9.74. The van der Waals surface area contributed by atoms with Gasteiger partial charge in [0.25, 0.3) is 0 Å². The maximum Gasteiger partial charge on any atom is 0.226 e. The van der Waals surface area contributed by atoms with E-state index in [2.05, 4.69) is 140 Å². The Morgan fingerprint density at radius 1 is 0.708 bits per heavy atom. The third-order valence-corrected chi connectivity index (χ3v) is 13.5. The van der Waals surface area contributed by atoms with Gasteiger partial charge in [-0.2, -0.15) is 4.57 Å². The first-order chi connectivity index (χ1) is 23.4. The summed E-state index contributed by atoms with van der Waals surface area (Å²) in [4.78, 5) is 0. The molecule has 0 saturated heterocycles. The van der Waals surface area contributed by atoms with Crippen LogP contribution in [-0.2, 0) is 10.8 Å². The number of hydrogen-bond acceptors (Lipinski definition) is 0. The van der Waals surface area contributed by atoms with Crippen LogP contribution in [-0.4, -0.2) is 4.57 Å². The van der Waals surface area contributed by atoms with E-state index in [1.54, 1.807) is 11.1 Å². The molecule has 7 aromatic rings. The second kappa shape index (κ2) is 9.05. The van der Waals surface area contributed by atoms with Crippen molar-refractivity contribution < 1.29 is 4.57 Å². The molecule has 48 heavy (non-hydrogen) atoms. The van der Waals surface area contributed by atoms with Crippen LogP contribution in [0.1, 0.15) is 99.5 Å². The van der Waals surface area contributed by atoms with Crippen LogP contribution < -0.4 is 4.57 Å². The van der Waals surface area contributed by atoms with Gasteiger partial charge in [0, 0.05) is 32.6 Å². The van der Waals surface area contributed by atoms with Gasteiger partial charge in [-0.15, -0.1) is 0 Å². The molecule has 5 aromatic carbocycles. The Bertz CT molecular complexity index is 2610. The minimum atomic E-state index is -0.0545. The molecule has 2 nitrogen and oxygen atoms in total. The highest BCUT2D eigenvalue weighted by Crippen LogP contribution is 2.56. The first-order valence-corrected chi connectivity index (χ1v) is 18.3. The first-order valence-electron chi connectivity index (χ1n) is 18.3. The average Bonchev–Trinajstić information content (AvgIpc) is 3.85. The van der Waals surface area contributed by atoms with Crippen molar-refractivity contribution in [2.45, 2.75) is 82.5 Å². The van der Waals surface area contributed by atoms with Gasteiger partial charge >= 0.3 is 0 Å². The summed E-state index contributed by atoms with van der Waals surface area (Å²) in [5.74, 6) is 1.44. The van der Waals surface area contributed by atoms with E-state index in [4.69, 9.17) is 0 Å². The Labute approximate surface area is 282 Å². The third-order valence-electron chi connectivity index (χ3n) is 13.5. The Morgan fingerprint density at radius 2 is 1.50 bits per heavy atom. The molecule has 0 amide bonds. The molecule has 2 aromatic heterocycles. The van der Waals surface area contributed by atoms with E-state index >= 15 is 0 Å². The van der Waals surface area contributed by atoms with Crippen molar-refractivity contribution in [2.75, 3.05) is 0 Å². The van der Waals surface area contributed by atoms with Gasteiger partial charge in [0.15, 0.2) is 12.4 Å². The third kappa shape index (κ3) is 3.14. The summed E-state index contributed by atoms with van der Waals surface area (Å²) < 4.78 is 5.11. The van der Waals surface area contributed by atoms with Crippen molar-refractivity contribution in [3.8, 4) is 16.8 Å². The smallest absolute Gasteiger partial charge is 0.226 e. The summed E-state index contributed by atoms with van der Waals surface area (Å²) in [5, 5.41) is 6.95. The highest BCUT2D eigenvalue weighted by molar-refractivity contribution is 6.15. The normalized spacial score (nSPS) is 20.7. The van der Waals surface area contributed by atoms with Gasteiger partial charge in [-0.05, 0) is 114 Å². The van der Waals surface area contributed by atoms with Gasteiger partial charge in [0.2, 0.25) is 5.52 Å². The lowest BCUT2D eigenvalue weighted by Crippen LogP contribution is -2.29. The maximum absolute atomic E-state index is 2.59. The number of aromatic nitrogens is 2. The number of rotatable bonds is 3. The van der Waals surface area contributed by atoms with Crippen molar-refractivity contribution in [1.82, 2.24) is 4.57 Å². The van der Waals surface area contributed by atoms with E-state index in [1.165, 1.54) is 96.2 Å². The number of pyridine rings is 1. The summed E-state index contributed by atoms with van der Waals surface area (Å²) in [6.07, 6.45) is 13.7. The lowest BCUT2D eigenvalue weighted by Gasteiger charge is -2.29. The predicted molar refractivity (Wildman–Crippen MR) is 200 cm³/mol. The summed E-state index contributed by atoms with van der Waals surface area (Å²) in [6, 6.07) is 33.0. The molecule has 2 unspecified atom stereocenters. The fraction of sp³-hybridized carbons (Fsp3) is 0.283. The van der Waals surface area contributed by atoms with Crippen LogP contribution in [0.25, 0.3) is 66.5 Å². The van der Waals surface area contributed by atoms with Gasteiger partial charge in [0.1, 0.15) is 0 Å². The molecule has 3 aliphatic carbocycles. The van der Waals surface area contributed by atoms with Gasteiger partial charge in [-0.1, -0.05) is 82.3 Å². The summed E-state index contributed by atoms with van der Waals surface area (Å²) in [7, 11) is 0. The molecule has 1 saturated carbocycles. The number of benzene rings is 5. The zero-order chi connectivity index (χ0) is 32.1. The summed E-state index contributed by atoms with van der Waals surface area (Å²) in [5.41, 5.74) is 15.6. The van der Waals surface area contributed by atoms with Crippen molar-refractivity contribution >= 4 is 49.7 Å². The second-order valence-electron chi connectivity index (χ2n) is 15.7. The molecule has 234 valence electrons. The fourth-order valence-corrected chi connectivity index (χ4v) is 11.0. The standard InChI is InChI=1S/C46H41N2/c1-5-46(6-2)21-22-47-26-35-27-15-16-28(23-27)42(35)32-18-17-31-40(20-19-37(46)43(31)44(32)47)48-39-14-10-8-12-30(39)34-24-33-29-11-7-9-13-36(29)45(3,4)38(33)25-41(34)48/h7-14,17-22,24-28H,5-6,15-16,23H2,1-4H3/q+1. The first kappa shape index (κ1) is 27.3. The van der Waals surface area contributed by atoms with Crippen molar-refractivity contribution in [2.24, 2.45) is 0 Å². The Morgan fingerprint density at radius 3 is 2.38 bits per heavy atom. The Balaban J connectivity index is 1.28. The summed E-state index contributed by atoms with van der Waals surface area (Å²) >= 11 is 0. The number of nitrogens with zero attached hydrogens (tertiary/aromatic N) is 2. The van der Waals surface area contributed by atoms with Gasteiger partial charge in [-0.3, -0.25) is 0 Å². The molecule has 3 heterocycles. The molecule has 4 aliphatic rings. The fourth-order valence-electron chi connectivity index (χ4n) is 11.0. The van der Waals surface area contributed by atoms with Gasteiger partial charge in [-0.25, -0.2) is 0 Å². The molecule has 0 radical (unpaired) electrons. The minimum absolute atomic E-state index is 0.00203. The monoisotopic (exact) mass is 621 g/mol. The maximum atomic E-state index is 2.59. The molecular formula is C46H41N2+. The van der Waals surface area contributed by atoms with E-state index in [-0.39, 0.29) is 10.8 Å². The molecular weight excluding hydrogens is 581 g/mol. The number of para-hydroxylation sites is 1. The molecule has 2 heteroatoms. The number of fused-ring (bicyclic) bond motifs is 12. The highest BCUT2D eigenvalue weighted by Gasteiger charge is 2.43. The topological polar surface area (TPSA) is 8.81 Å². The highest BCUT2D eigenvalue weighted by atomic mass is 15.0. The molecule has 0 N–H and O–H groups in total. The molecule has 1 aliphatic heterocycles. The zero-order valence-corrected chi connectivity index (χ0v) is 28.4. The van der Waals surface area contributed by atoms with Crippen LogP contribution in [0.15, 0.2) is 97.2 Å². The Hall–Kier alpha value is -4.69. The SMILES string of the molecule is CCC1(CC)C=C[n+]2cc3c(c4ccc5c(-n6c7ccccc7c7cc8c(cc76)C(C)(C)c6ccccc6-8)ccc1c5c42)C1CCC3C1. The minimum Gasteiger partial charge on any atom is -0.309 e. The van der Waals surface area contributed by atoms with Crippen LogP contribution in [0.4, 0.5) is 0 Å². The molecule has 1 fully saturated rings. The number of hydrogen-bond donors (Lipinski definition) is 0. The van der Waals surface area contributed by atoms with E-state index < -0.39 is 0 Å². The van der Waals surface area contributed by atoms with E-state index in [0.29, 0.717) is 5.92 Å². The number of allylic oxidation sites excluding steroid dienone is 1. The van der Waals surface area contributed by atoms with Crippen molar-refractivity contribution in [1.29, 1.82) is 0 Å². The van der Waals surface area contributed by atoms with Gasteiger partial charge in [0.05, 0.1) is 27.5 Å². The molecule has 2 bridgehead atoms. The van der Waals surface area contributed by atoms with E-state index in [9.17, 15) is 0 Å². The van der Waals surface area contributed by atoms with Crippen molar-refractivity contribution in [3.05, 3.63) is 125 Å². The molecule has 2 atom stereocenters. The van der Waals surface area contributed by atoms with Crippen LogP contribution in [0.2, 0.25) is 0 Å². The summed E-state index contributed by atoms with van der Waals surface area (Å²) in [6.45, 7) is 9.55. The van der Waals surface area contributed by atoms with Crippen molar-refractivity contribution in [3.63, 3.8) is 0 Å². The van der Waals surface area contributed by atoms with Gasteiger partial charge < -0.3 is 4.57 Å². The van der Waals surface area contributed by atoms with E-state index in [1.807, 2.05) is 0 Å². The lowest BCUT2D eigenvalue weighted by molar-refractivity contribution is -0.538. The zero-order valence-electron chi connectivity index (χ0n) is 28.4. The van der Waals surface area contributed by atoms with Crippen LogP contribution >= 0.6 is 0 Å². The van der Waals surface area contributed by atoms with Crippen LogP contribution in [0, 0.1) is 0 Å². The predicted octanol–water partition coefficient (Wildman–Crippen LogP) is 11.6. The largest absolute Gasteiger partial charge is 0.309 e. The second-order valence-corrected chi connectivity index (χ2v) is 15.7. The quantitative estimate of drug-likeness (QED) is 0.137. The average molecular weight is 622 g/mol. The van der Waals surface area contributed by atoms with Crippen LogP contribution in [0.5, 0.6) is 0 Å². The molecule has 0 spiro atoms.